The Labute approximate surface area is 169 Å². The number of carbonyl (C=O) groups is 1. The molecule has 29 heavy (non-hydrogen) atoms. The highest BCUT2D eigenvalue weighted by Crippen LogP contribution is 2.38. The van der Waals surface area contributed by atoms with Crippen molar-refractivity contribution in [1.82, 2.24) is 9.62 Å². The molecular weight excluding hydrogens is 413 g/mol. The van der Waals surface area contributed by atoms with Gasteiger partial charge < -0.3 is 9.84 Å². The SMILES string of the molecule is O=C(O)C(F)(F)F.O=S(=O)(N[C@@H]1CCO[C@]2(CCN(C3CCCC3)C2)C1)C1CC1. The molecule has 0 bridgehead atoms. The average Bonchev–Trinajstić information content (AvgIpc) is 3.21. The number of likely N-dealkylation sites (tertiary alicyclic amines) is 1. The molecule has 4 fully saturated rings. The second-order valence-corrected chi connectivity index (χ2v) is 10.5. The molecular formula is C18H29F3N2O5S. The van der Waals surface area contributed by atoms with E-state index in [1.807, 2.05) is 0 Å². The molecule has 168 valence electrons. The Bertz CT molecular complexity index is 692. The monoisotopic (exact) mass is 442 g/mol. The molecule has 0 aromatic rings. The lowest BCUT2D eigenvalue weighted by Crippen LogP contribution is -2.50. The van der Waals surface area contributed by atoms with Crippen LogP contribution in [0.2, 0.25) is 0 Å². The van der Waals surface area contributed by atoms with Crippen LogP contribution in [0.15, 0.2) is 0 Å². The molecule has 0 amide bonds. The molecule has 2 saturated carbocycles. The molecule has 11 heteroatoms. The molecule has 0 aromatic heterocycles. The van der Waals surface area contributed by atoms with Crippen LogP contribution in [0.3, 0.4) is 0 Å². The Morgan fingerprint density at radius 3 is 2.31 bits per heavy atom. The molecule has 1 spiro atoms. The van der Waals surface area contributed by atoms with Crippen LogP contribution < -0.4 is 4.72 Å². The summed E-state index contributed by atoms with van der Waals surface area (Å²) in [6, 6.07) is 0.814. The number of hydrogen-bond acceptors (Lipinski definition) is 5. The third-order valence-corrected chi connectivity index (χ3v) is 8.23. The Balaban J connectivity index is 0.000000298. The molecule has 2 N–H and O–H groups in total. The van der Waals surface area contributed by atoms with Crippen LogP contribution >= 0.6 is 0 Å². The topological polar surface area (TPSA) is 95.9 Å². The fourth-order valence-electron chi connectivity index (χ4n) is 4.58. The Hall–Kier alpha value is -0.910. The molecule has 0 unspecified atom stereocenters. The number of carboxylic acid groups (broad SMARTS) is 1. The first-order chi connectivity index (χ1) is 13.5. The molecule has 4 aliphatic rings. The second-order valence-electron chi connectivity index (χ2n) is 8.55. The van der Waals surface area contributed by atoms with Crippen LogP contribution in [-0.2, 0) is 19.6 Å². The largest absolute Gasteiger partial charge is 0.490 e. The van der Waals surface area contributed by atoms with Crippen molar-refractivity contribution in [2.24, 2.45) is 0 Å². The van der Waals surface area contributed by atoms with Gasteiger partial charge >= 0.3 is 12.1 Å². The normalized spacial score (nSPS) is 31.6. The summed E-state index contributed by atoms with van der Waals surface area (Å²) in [4.78, 5) is 11.5. The van der Waals surface area contributed by atoms with E-state index in [1.54, 1.807) is 0 Å². The Morgan fingerprint density at radius 2 is 1.76 bits per heavy atom. The van der Waals surface area contributed by atoms with Crippen molar-refractivity contribution in [3.05, 3.63) is 0 Å². The zero-order valence-electron chi connectivity index (χ0n) is 16.3. The van der Waals surface area contributed by atoms with Gasteiger partial charge in [-0.3, -0.25) is 4.90 Å². The average molecular weight is 443 g/mol. The fourth-order valence-corrected chi connectivity index (χ4v) is 6.19. The third kappa shape index (κ3) is 6.05. The van der Waals surface area contributed by atoms with E-state index in [0.29, 0.717) is 6.61 Å². The van der Waals surface area contributed by atoms with Crippen molar-refractivity contribution in [2.45, 2.75) is 86.9 Å². The van der Waals surface area contributed by atoms with Gasteiger partial charge in [0, 0.05) is 31.8 Å². The minimum Gasteiger partial charge on any atom is -0.475 e. The van der Waals surface area contributed by atoms with Crippen LogP contribution in [-0.4, -0.2) is 73.2 Å². The van der Waals surface area contributed by atoms with Gasteiger partial charge in [-0.25, -0.2) is 17.9 Å². The highest BCUT2D eigenvalue weighted by molar-refractivity contribution is 7.90. The summed E-state index contributed by atoms with van der Waals surface area (Å²) in [7, 11) is -3.08. The summed E-state index contributed by atoms with van der Waals surface area (Å²) in [5.74, 6) is -2.76. The maximum absolute atomic E-state index is 12.2. The van der Waals surface area contributed by atoms with Crippen LogP contribution in [0.25, 0.3) is 0 Å². The lowest BCUT2D eigenvalue weighted by molar-refractivity contribution is -0.192. The summed E-state index contributed by atoms with van der Waals surface area (Å²) < 4.78 is 65.2. The van der Waals surface area contributed by atoms with Gasteiger partial charge in [-0.1, -0.05) is 12.8 Å². The standard InChI is InChI=1S/C16H28N2O3S.C2HF3O2/c19-22(20,15-5-6-15)17-13-7-10-21-16(11-13)8-9-18(12-16)14-3-1-2-4-14;3-2(4,5)1(6)7/h13-15,17H,1-12H2;(H,6,7)/t13-,16-;/m1./s1. The minimum absolute atomic E-state index is 0.0721. The molecule has 0 aromatic carbocycles. The van der Waals surface area contributed by atoms with E-state index in [1.165, 1.54) is 25.7 Å². The first-order valence-corrected chi connectivity index (χ1v) is 11.7. The third-order valence-electron chi connectivity index (χ3n) is 6.22. The first-order valence-electron chi connectivity index (χ1n) is 10.2. The number of halogens is 3. The van der Waals surface area contributed by atoms with Crippen LogP contribution in [0.5, 0.6) is 0 Å². The number of nitrogens with zero attached hydrogens (tertiary/aromatic N) is 1. The summed E-state index contributed by atoms with van der Waals surface area (Å²) in [6.07, 6.45) is 4.68. The van der Waals surface area contributed by atoms with Gasteiger partial charge in [-0.05, 0) is 44.9 Å². The van der Waals surface area contributed by atoms with Crippen LogP contribution in [0.1, 0.15) is 57.8 Å². The Kier molecular flexibility index (Phi) is 6.82. The molecule has 4 rings (SSSR count). The minimum atomic E-state index is -5.08. The van der Waals surface area contributed by atoms with E-state index >= 15 is 0 Å². The van der Waals surface area contributed by atoms with Gasteiger partial charge in [0.15, 0.2) is 0 Å². The van der Waals surface area contributed by atoms with E-state index in [-0.39, 0.29) is 16.9 Å². The highest BCUT2D eigenvalue weighted by Gasteiger charge is 2.46. The van der Waals surface area contributed by atoms with Crippen molar-refractivity contribution in [2.75, 3.05) is 19.7 Å². The quantitative estimate of drug-likeness (QED) is 0.694. The van der Waals surface area contributed by atoms with E-state index in [9.17, 15) is 21.6 Å². The van der Waals surface area contributed by atoms with Gasteiger partial charge in [0.1, 0.15) is 0 Å². The van der Waals surface area contributed by atoms with Crippen molar-refractivity contribution < 1.29 is 36.2 Å². The smallest absolute Gasteiger partial charge is 0.475 e. The summed E-state index contributed by atoms with van der Waals surface area (Å²) >= 11 is 0. The molecule has 2 heterocycles. The number of aliphatic carboxylic acids is 1. The molecule has 2 saturated heterocycles. The Morgan fingerprint density at radius 1 is 1.14 bits per heavy atom. The van der Waals surface area contributed by atoms with Gasteiger partial charge in [0.2, 0.25) is 10.0 Å². The predicted molar refractivity (Wildman–Crippen MR) is 98.9 cm³/mol. The maximum Gasteiger partial charge on any atom is 0.490 e. The lowest BCUT2D eigenvalue weighted by atomic mass is 9.90. The zero-order valence-corrected chi connectivity index (χ0v) is 17.1. The van der Waals surface area contributed by atoms with Crippen molar-refractivity contribution in [3.8, 4) is 0 Å². The number of hydrogen-bond donors (Lipinski definition) is 2. The highest BCUT2D eigenvalue weighted by atomic mass is 32.2. The number of rotatable bonds is 4. The fraction of sp³-hybridized carbons (Fsp3) is 0.944. The van der Waals surface area contributed by atoms with Crippen molar-refractivity contribution in [3.63, 3.8) is 0 Å². The molecule has 2 aliphatic heterocycles. The van der Waals surface area contributed by atoms with E-state index in [4.69, 9.17) is 14.6 Å². The maximum atomic E-state index is 12.2. The summed E-state index contributed by atoms with van der Waals surface area (Å²) in [6.45, 7) is 2.81. The van der Waals surface area contributed by atoms with E-state index in [2.05, 4.69) is 9.62 Å². The van der Waals surface area contributed by atoms with Crippen LogP contribution in [0.4, 0.5) is 13.2 Å². The van der Waals surface area contributed by atoms with Crippen molar-refractivity contribution >= 4 is 16.0 Å². The molecule has 2 atom stereocenters. The van der Waals surface area contributed by atoms with Gasteiger partial charge in [-0.15, -0.1) is 0 Å². The number of alkyl halides is 3. The van der Waals surface area contributed by atoms with Gasteiger partial charge in [-0.2, -0.15) is 13.2 Å². The number of sulfonamides is 1. The van der Waals surface area contributed by atoms with E-state index < -0.39 is 22.2 Å². The molecule has 2 aliphatic carbocycles. The number of ether oxygens (including phenoxy) is 1. The van der Waals surface area contributed by atoms with Gasteiger partial charge in [0.05, 0.1) is 10.9 Å². The van der Waals surface area contributed by atoms with Gasteiger partial charge in [0.25, 0.3) is 0 Å². The number of nitrogens with one attached hydrogen (secondary N) is 1. The second kappa shape index (κ2) is 8.68. The first kappa shape index (κ1) is 22.8. The van der Waals surface area contributed by atoms with Crippen LogP contribution in [0, 0.1) is 0 Å². The number of carboxylic acids is 1. The zero-order chi connectivity index (χ0) is 21.3. The lowest BCUT2D eigenvalue weighted by Gasteiger charge is -2.39. The molecule has 7 nitrogen and oxygen atoms in total. The summed E-state index contributed by atoms with van der Waals surface area (Å²) in [5.41, 5.74) is -0.0996. The molecule has 0 radical (unpaired) electrons. The van der Waals surface area contributed by atoms with Crippen molar-refractivity contribution in [1.29, 1.82) is 0 Å². The predicted octanol–water partition coefficient (Wildman–Crippen LogP) is 2.27. The van der Waals surface area contributed by atoms with E-state index in [0.717, 1.165) is 51.2 Å². The summed E-state index contributed by atoms with van der Waals surface area (Å²) in [5, 5.41) is 7.00.